The molecule has 2 N–H and O–H groups in total. The summed E-state index contributed by atoms with van der Waals surface area (Å²) in [5, 5.41) is 4.96. The van der Waals surface area contributed by atoms with Crippen molar-refractivity contribution in [3.63, 3.8) is 0 Å². The van der Waals surface area contributed by atoms with Crippen LogP contribution in [0.15, 0.2) is 30.6 Å². The van der Waals surface area contributed by atoms with Crippen LogP contribution in [-0.4, -0.2) is 20.8 Å². The third kappa shape index (κ3) is 4.04. The van der Waals surface area contributed by atoms with E-state index in [2.05, 4.69) is 17.0 Å². The van der Waals surface area contributed by atoms with E-state index in [4.69, 9.17) is 17.3 Å². The predicted octanol–water partition coefficient (Wildman–Crippen LogP) is 2.45. The largest absolute Gasteiger partial charge is 0.327 e. The van der Waals surface area contributed by atoms with Crippen molar-refractivity contribution >= 4 is 11.6 Å². The maximum absolute atomic E-state index is 6.19. The van der Waals surface area contributed by atoms with E-state index in [9.17, 15) is 0 Å². The molecule has 0 aliphatic heterocycles. The summed E-state index contributed by atoms with van der Waals surface area (Å²) in [5.41, 5.74) is 7.38. The molecule has 2 aromatic rings. The summed E-state index contributed by atoms with van der Waals surface area (Å²) >= 11 is 5.87. The first-order valence-electron chi connectivity index (χ1n) is 6.55. The summed E-state index contributed by atoms with van der Waals surface area (Å²) in [6.07, 6.45) is 4.20. The van der Waals surface area contributed by atoms with Crippen LogP contribution in [0, 0.1) is 0 Å². The van der Waals surface area contributed by atoms with Crippen molar-refractivity contribution in [1.82, 2.24) is 14.8 Å². The molecule has 5 heteroatoms. The SMILES string of the molecule is CCCn1ncnc1CC(N)Cc1ccc(Cl)cc1. The van der Waals surface area contributed by atoms with E-state index in [1.807, 2.05) is 28.9 Å². The van der Waals surface area contributed by atoms with E-state index < -0.39 is 0 Å². The van der Waals surface area contributed by atoms with Gasteiger partial charge < -0.3 is 5.73 Å². The molecule has 1 heterocycles. The number of halogens is 1. The molecule has 2 rings (SSSR count). The van der Waals surface area contributed by atoms with Gasteiger partial charge in [0.05, 0.1) is 0 Å². The molecule has 0 bridgehead atoms. The Morgan fingerprint density at radius 2 is 2.00 bits per heavy atom. The summed E-state index contributed by atoms with van der Waals surface area (Å²) in [6.45, 7) is 3.02. The van der Waals surface area contributed by atoms with E-state index in [-0.39, 0.29) is 6.04 Å². The third-order valence-electron chi connectivity index (χ3n) is 2.99. The zero-order valence-electron chi connectivity index (χ0n) is 11.1. The molecule has 0 spiro atoms. The quantitative estimate of drug-likeness (QED) is 0.883. The van der Waals surface area contributed by atoms with Crippen LogP contribution in [0.25, 0.3) is 0 Å². The molecule has 0 aliphatic rings. The lowest BCUT2D eigenvalue weighted by Gasteiger charge is -2.12. The van der Waals surface area contributed by atoms with E-state index in [0.29, 0.717) is 0 Å². The van der Waals surface area contributed by atoms with Gasteiger partial charge in [0.2, 0.25) is 0 Å². The maximum Gasteiger partial charge on any atom is 0.138 e. The molecular formula is C14H19ClN4. The monoisotopic (exact) mass is 278 g/mol. The minimum Gasteiger partial charge on any atom is -0.327 e. The predicted molar refractivity (Wildman–Crippen MR) is 77.1 cm³/mol. The summed E-state index contributed by atoms with van der Waals surface area (Å²) in [6, 6.07) is 7.85. The topological polar surface area (TPSA) is 56.7 Å². The van der Waals surface area contributed by atoms with E-state index in [0.717, 1.165) is 36.7 Å². The molecule has 0 aliphatic carbocycles. The molecule has 4 nitrogen and oxygen atoms in total. The second-order valence-electron chi connectivity index (χ2n) is 4.69. The zero-order valence-corrected chi connectivity index (χ0v) is 11.8. The lowest BCUT2D eigenvalue weighted by molar-refractivity contribution is 0.540. The second kappa shape index (κ2) is 6.68. The molecule has 1 atom stereocenters. The van der Waals surface area contributed by atoms with Crippen molar-refractivity contribution in [2.45, 2.75) is 38.8 Å². The Kier molecular flexibility index (Phi) is 4.93. The van der Waals surface area contributed by atoms with Crippen LogP contribution in [0.1, 0.15) is 24.7 Å². The molecule has 102 valence electrons. The van der Waals surface area contributed by atoms with Crippen LogP contribution in [0.4, 0.5) is 0 Å². The van der Waals surface area contributed by atoms with E-state index >= 15 is 0 Å². The summed E-state index contributed by atoms with van der Waals surface area (Å²) < 4.78 is 1.93. The fourth-order valence-corrected chi connectivity index (χ4v) is 2.20. The van der Waals surface area contributed by atoms with E-state index in [1.54, 1.807) is 6.33 Å². The third-order valence-corrected chi connectivity index (χ3v) is 3.24. The summed E-state index contributed by atoms with van der Waals surface area (Å²) in [5.74, 6) is 0.961. The number of hydrogen-bond acceptors (Lipinski definition) is 3. The van der Waals surface area contributed by atoms with Crippen molar-refractivity contribution < 1.29 is 0 Å². The highest BCUT2D eigenvalue weighted by atomic mass is 35.5. The van der Waals surface area contributed by atoms with Crippen molar-refractivity contribution in [3.8, 4) is 0 Å². The van der Waals surface area contributed by atoms with Gasteiger partial charge in [0.15, 0.2) is 0 Å². The first-order chi connectivity index (χ1) is 9.19. The lowest BCUT2D eigenvalue weighted by Crippen LogP contribution is -2.27. The van der Waals surface area contributed by atoms with Gasteiger partial charge in [0, 0.05) is 24.0 Å². The average Bonchev–Trinajstić information content (AvgIpc) is 2.80. The molecule has 19 heavy (non-hydrogen) atoms. The van der Waals surface area contributed by atoms with Gasteiger partial charge in [-0.15, -0.1) is 0 Å². The summed E-state index contributed by atoms with van der Waals surface area (Å²) in [4.78, 5) is 4.28. The van der Waals surface area contributed by atoms with Gasteiger partial charge in [-0.1, -0.05) is 30.7 Å². The lowest BCUT2D eigenvalue weighted by atomic mass is 10.0. The highest BCUT2D eigenvalue weighted by molar-refractivity contribution is 6.30. The number of nitrogens with zero attached hydrogens (tertiary/aromatic N) is 3. The van der Waals surface area contributed by atoms with Crippen LogP contribution in [0.3, 0.4) is 0 Å². The molecule has 0 amide bonds. The number of hydrogen-bond donors (Lipinski definition) is 1. The van der Waals surface area contributed by atoms with E-state index in [1.165, 1.54) is 5.56 Å². The van der Waals surface area contributed by atoms with Gasteiger partial charge in [-0.3, -0.25) is 4.68 Å². The van der Waals surface area contributed by atoms with Crippen LogP contribution in [0.2, 0.25) is 5.02 Å². The van der Waals surface area contributed by atoms with Crippen molar-refractivity contribution in [2.75, 3.05) is 0 Å². The molecule has 1 aromatic heterocycles. The van der Waals surface area contributed by atoms with Gasteiger partial charge in [-0.2, -0.15) is 5.10 Å². The van der Waals surface area contributed by atoms with Crippen molar-refractivity contribution in [3.05, 3.63) is 47.0 Å². The number of aryl methyl sites for hydroxylation is 1. The molecule has 0 fully saturated rings. The highest BCUT2D eigenvalue weighted by Crippen LogP contribution is 2.12. The average molecular weight is 279 g/mol. The number of benzene rings is 1. The van der Waals surface area contributed by atoms with Gasteiger partial charge in [0.1, 0.15) is 12.2 Å². The minimum absolute atomic E-state index is 0.0426. The Hall–Kier alpha value is -1.39. The van der Waals surface area contributed by atoms with Crippen LogP contribution < -0.4 is 5.73 Å². The Balaban J connectivity index is 1.95. The first-order valence-corrected chi connectivity index (χ1v) is 6.93. The van der Waals surface area contributed by atoms with Crippen molar-refractivity contribution in [1.29, 1.82) is 0 Å². The highest BCUT2D eigenvalue weighted by Gasteiger charge is 2.10. The second-order valence-corrected chi connectivity index (χ2v) is 5.13. The Morgan fingerprint density at radius 1 is 1.26 bits per heavy atom. The maximum atomic E-state index is 6.19. The minimum atomic E-state index is 0.0426. The number of aromatic nitrogens is 3. The Morgan fingerprint density at radius 3 is 2.68 bits per heavy atom. The Bertz CT molecular complexity index is 506. The van der Waals surface area contributed by atoms with Crippen LogP contribution in [-0.2, 0) is 19.4 Å². The smallest absolute Gasteiger partial charge is 0.138 e. The molecule has 0 saturated carbocycles. The molecular weight excluding hydrogens is 260 g/mol. The standard InChI is InChI=1S/C14H19ClN4/c1-2-7-19-14(17-10-18-19)9-13(16)8-11-3-5-12(15)6-4-11/h3-6,10,13H,2,7-9,16H2,1H3. The summed E-state index contributed by atoms with van der Waals surface area (Å²) in [7, 11) is 0. The van der Waals surface area contributed by atoms with Gasteiger partial charge in [-0.05, 0) is 30.5 Å². The first kappa shape index (κ1) is 14.0. The fourth-order valence-electron chi connectivity index (χ4n) is 2.07. The number of rotatable bonds is 6. The Labute approximate surface area is 118 Å². The molecule has 0 saturated heterocycles. The molecule has 1 unspecified atom stereocenters. The normalized spacial score (nSPS) is 12.6. The molecule has 0 radical (unpaired) electrons. The van der Waals surface area contributed by atoms with Gasteiger partial charge in [0.25, 0.3) is 0 Å². The van der Waals surface area contributed by atoms with Crippen LogP contribution >= 0.6 is 11.6 Å². The zero-order chi connectivity index (χ0) is 13.7. The molecule has 1 aromatic carbocycles. The number of nitrogens with two attached hydrogens (primary N) is 1. The van der Waals surface area contributed by atoms with Gasteiger partial charge >= 0.3 is 0 Å². The fraction of sp³-hybridized carbons (Fsp3) is 0.429. The van der Waals surface area contributed by atoms with Crippen molar-refractivity contribution in [2.24, 2.45) is 5.73 Å². The van der Waals surface area contributed by atoms with Crippen LogP contribution in [0.5, 0.6) is 0 Å². The van der Waals surface area contributed by atoms with Gasteiger partial charge in [-0.25, -0.2) is 4.98 Å².